The third kappa shape index (κ3) is 8.31. The van der Waals surface area contributed by atoms with E-state index in [0.717, 1.165) is 18.4 Å². The van der Waals surface area contributed by atoms with E-state index >= 15 is 0 Å². The van der Waals surface area contributed by atoms with Gasteiger partial charge in [-0.3, -0.25) is 0 Å². The number of carbonyl (C=O) groups is 3. The minimum Gasteiger partial charge on any atom is -0.480 e. The number of piperidine rings is 1. The van der Waals surface area contributed by atoms with E-state index in [1.807, 2.05) is 51.1 Å². The van der Waals surface area contributed by atoms with Crippen molar-refractivity contribution in [1.82, 2.24) is 10.2 Å². The van der Waals surface area contributed by atoms with Crippen molar-refractivity contribution in [2.24, 2.45) is 5.92 Å². The summed E-state index contributed by atoms with van der Waals surface area (Å²) in [5.74, 6) is -0.787. The molecule has 0 spiro atoms. The number of hydrogen-bond donors (Lipinski definition) is 2. The van der Waals surface area contributed by atoms with Crippen molar-refractivity contribution in [3.63, 3.8) is 0 Å². The van der Waals surface area contributed by atoms with Crippen LogP contribution >= 0.6 is 0 Å². The molecule has 2 rings (SSSR count). The van der Waals surface area contributed by atoms with Crippen molar-refractivity contribution >= 4 is 18.2 Å². The van der Waals surface area contributed by atoms with Gasteiger partial charge in [0.05, 0.1) is 0 Å². The summed E-state index contributed by atoms with van der Waals surface area (Å²) in [7, 11) is 0. The average molecular weight is 421 g/mol. The quantitative estimate of drug-likeness (QED) is 0.695. The molecular formula is C22H32N2O6. The number of aliphatic carboxylic acids is 1. The number of nitrogens with zero attached hydrogens (tertiary/aromatic N) is 1. The Hall–Kier alpha value is -2.77. The molecule has 1 fully saturated rings. The Morgan fingerprint density at radius 1 is 1.17 bits per heavy atom. The van der Waals surface area contributed by atoms with Gasteiger partial charge in [-0.05, 0) is 57.9 Å². The molecule has 1 aliphatic heterocycles. The Kier molecular flexibility index (Phi) is 8.50. The molecule has 0 radical (unpaired) electrons. The molecule has 1 aromatic carbocycles. The summed E-state index contributed by atoms with van der Waals surface area (Å²) in [6, 6.07) is 8.19. The molecule has 8 heteroatoms. The number of carbonyl (C=O) groups excluding carboxylic acids is 2. The van der Waals surface area contributed by atoms with Gasteiger partial charge >= 0.3 is 18.2 Å². The maximum Gasteiger partial charge on any atom is 0.410 e. The van der Waals surface area contributed by atoms with Gasteiger partial charge in [-0.2, -0.15) is 0 Å². The summed E-state index contributed by atoms with van der Waals surface area (Å²) < 4.78 is 10.5. The van der Waals surface area contributed by atoms with Crippen LogP contribution in [-0.4, -0.2) is 52.9 Å². The molecule has 30 heavy (non-hydrogen) atoms. The van der Waals surface area contributed by atoms with Gasteiger partial charge in [0.2, 0.25) is 0 Å². The highest BCUT2D eigenvalue weighted by molar-refractivity contribution is 5.79. The molecule has 0 bridgehead atoms. The maximum absolute atomic E-state index is 12.1. The van der Waals surface area contributed by atoms with Crippen LogP contribution in [0.2, 0.25) is 0 Å². The second-order valence-corrected chi connectivity index (χ2v) is 8.59. The van der Waals surface area contributed by atoms with Crippen molar-refractivity contribution in [1.29, 1.82) is 0 Å². The van der Waals surface area contributed by atoms with E-state index in [1.54, 1.807) is 4.90 Å². The van der Waals surface area contributed by atoms with E-state index in [4.69, 9.17) is 9.47 Å². The molecular weight excluding hydrogens is 388 g/mol. The summed E-state index contributed by atoms with van der Waals surface area (Å²) in [5, 5.41) is 11.9. The van der Waals surface area contributed by atoms with Gasteiger partial charge in [-0.15, -0.1) is 0 Å². The Balaban J connectivity index is 1.72. The predicted molar refractivity (Wildman–Crippen MR) is 111 cm³/mol. The molecule has 166 valence electrons. The molecule has 2 amide bonds. The van der Waals surface area contributed by atoms with Crippen LogP contribution in [0, 0.1) is 5.92 Å². The lowest BCUT2D eigenvalue weighted by atomic mass is 9.90. The van der Waals surface area contributed by atoms with Crippen LogP contribution in [0.4, 0.5) is 9.59 Å². The minimum atomic E-state index is -1.09. The third-order valence-electron chi connectivity index (χ3n) is 4.93. The number of ether oxygens (including phenoxy) is 2. The molecule has 1 aromatic rings. The summed E-state index contributed by atoms with van der Waals surface area (Å²) in [4.78, 5) is 37.3. The third-order valence-corrected chi connectivity index (χ3v) is 4.93. The first-order chi connectivity index (χ1) is 14.1. The average Bonchev–Trinajstić information content (AvgIpc) is 2.69. The van der Waals surface area contributed by atoms with Gasteiger partial charge in [-0.1, -0.05) is 30.3 Å². The Morgan fingerprint density at radius 3 is 2.37 bits per heavy atom. The zero-order chi connectivity index (χ0) is 22.1. The summed E-state index contributed by atoms with van der Waals surface area (Å²) in [6.45, 7) is 6.76. The fourth-order valence-electron chi connectivity index (χ4n) is 3.30. The molecule has 0 aromatic heterocycles. The van der Waals surface area contributed by atoms with Gasteiger partial charge in [0.25, 0.3) is 0 Å². The largest absolute Gasteiger partial charge is 0.480 e. The van der Waals surface area contributed by atoms with E-state index in [9.17, 15) is 19.5 Å². The summed E-state index contributed by atoms with van der Waals surface area (Å²) in [6.07, 6.45) is 1.47. The number of nitrogens with one attached hydrogen (secondary N) is 1. The minimum absolute atomic E-state index is 0.0855. The molecule has 0 unspecified atom stereocenters. The Morgan fingerprint density at radius 2 is 1.80 bits per heavy atom. The van der Waals surface area contributed by atoms with Gasteiger partial charge in [-0.25, -0.2) is 14.4 Å². The van der Waals surface area contributed by atoms with Crippen molar-refractivity contribution < 1.29 is 29.0 Å². The highest BCUT2D eigenvalue weighted by atomic mass is 16.6. The number of hydrogen-bond acceptors (Lipinski definition) is 5. The van der Waals surface area contributed by atoms with Crippen molar-refractivity contribution in [2.45, 2.75) is 64.7 Å². The van der Waals surface area contributed by atoms with Crippen LogP contribution < -0.4 is 5.32 Å². The van der Waals surface area contributed by atoms with E-state index in [-0.39, 0.29) is 12.7 Å². The molecule has 2 N–H and O–H groups in total. The van der Waals surface area contributed by atoms with Crippen LogP contribution in [0.1, 0.15) is 52.0 Å². The van der Waals surface area contributed by atoms with E-state index in [0.29, 0.717) is 31.8 Å². The van der Waals surface area contributed by atoms with Crippen LogP contribution in [0.25, 0.3) is 0 Å². The Bertz CT molecular complexity index is 708. The number of rotatable bonds is 7. The number of likely N-dealkylation sites (tertiary alicyclic amines) is 1. The second-order valence-electron chi connectivity index (χ2n) is 8.59. The van der Waals surface area contributed by atoms with Gasteiger partial charge in [0.15, 0.2) is 0 Å². The van der Waals surface area contributed by atoms with Crippen LogP contribution in [0.5, 0.6) is 0 Å². The topological polar surface area (TPSA) is 105 Å². The second kappa shape index (κ2) is 10.8. The molecule has 8 nitrogen and oxygen atoms in total. The van der Waals surface area contributed by atoms with Crippen molar-refractivity contribution in [3.8, 4) is 0 Å². The molecule has 1 atom stereocenters. The van der Waals surface area contributed by atoms with E-state index in [2.05, 4.69) is 5.32 Å². The first-order valence-electron chi connectivity index (χ1n) is 10.3. The predicted octanol–water partition coefficient (Wildman–Crippen LogP) is 3.79. The number of amides is 2. The SMILES string of the molecule is CC(C)(C)OC(=O)N1CCC(CC[C@@H](NC(=O)OCc2ccccc2)C(=O)O)CC1. The summed E-state index contributed by atoms with van der Waals surface area (Å²) >= 11 is 0. The fourth-order valence-corrected chi connectivity index (χ4v) is 3.30. The number of carboxylic acid groups (broad SMARTS) is 1. The smallest absolute Gasteiger partial charge is 0.410 e. The lowest BCUT2D eigenvalue weighted by Crippen LogP contribution is -2.43. The Labute approximate surface area is 177 Å². The molecule has 1 aliphatic rings. The highest BCUT2D eigenvalue weighted by Crippen LogP contribution is 2.24. The normalized spacial score (nSPS) is 15.9. The standard InChI is InChI=1S/C22H32N2O6/c1-22(2,3)30-21(28)24-13-11-16(12-14-24)9-10-18(19(25)26)23-20(27)29-15-17-7-5-4-6-8-17/h4-8,16,18H,9-15H2,1-3H3,(H,23,27)(H,25,26)/t18-/m1/s1. The van der Waals surface area contributed by atoms with Crippen LogP contribution in [0.15, 0.2) is 30.3 Å². The highest BCUT2D eigenvalue weighted by Gasteiger charge is 2.28. The fraction of sp³-hybridized carbons (Fsp3) is 0.591. The van der Waals surface area contributed by atoms with Gasteiger partial charge in [0.1, 0.15) is 18.2 Å². The van der Waals surface area contributed by atoms with Crippen molar-refractivity contribution in [3.05, 3.63) is 35.9 Å². The molecule has 0 saturated carbocycles. The van der Waals surface area contributed by atoms with Crippen molar-refractivity contribution in [2.75, 3.05) is 13.1 Å². The zero-order valence-electron chi connectivity index (χ0n) is 17.9. The van der Waals surface area contributed by atoms with Gasteiger partial charge in [0, 0.05) is 13.1 Å². The molecule has 1 heterocycles. The molecule has 0 aliphatic carbocycles. The lowest BCUT2D eigenvalue weighted by Gasteiger charge is -2.33. The first kappa shape index (κ1) is 23.5. The number of alkyl carbamates (subject to hydrolysis) is 1. The van der Waals surface area contributed by atoms with Crippen LogP contribution in [-0.2, 0) is 20.9 Å². The van der Waals surface area contributed by atoms with E-state index < -0.39 is 23.7 Å². The van der Waals surface area contributed by atoms with E-state index in [1.165, 1.54) is 0 Å². The lowest BCUT2D eigenvalue weighted by molar-refractivity contribution is -0.139. The van der Waals surface area contributed by atoms with Gasteiger partial charge < -0.3 is 24.8 Å². The summed E-state index contributed by atoms with van der Waals surface area (Å²) in [5.41, 5.74) is 0.306. The monoisotopic (exact) mass is 420 g/mol. The number of benzene rings is 1. The van der Waals surface area contributed by atoms with Crippen LogP contribution in [0.3, 0.4) is 0 Å². The zero-order valence-corrected chi connectivity index (χ0v) is 17.9. The number of carboxylic acids is 1. The first-order valence-corrected chi connectivity index (χ1v) is 10.3. The molecule has 1 saturated heterocycles. The maximum atomic E-state index is 12.1.